The Kier molecular flexibility index (Phi) is 4.92. The molecule has 0 saturated carbocycles. The first-order valence-corrected chi connectivity index (χ1v) is 5.33. The van der Waals surface area contributed by atoms with Gasteiger partial charge < -0.3 is 10.1 Å². The van der Waals surface area contributed by atoms with Crippen molar-refractivity contribution in [3.63, 3.8) is 0 Å². The fraction of sp³-hybridized carbons (Fsp3) is 0.273. The van der Waals surface area contributed by atoms with E-state index in [9.17, 15) is 24.1 Å². The maximum atomic E-state index is 13.2. The molecule has 1 amide bonds. The van der Waals surface area contributed by atoms with Crippen molar-refractivity contribution in [3.8, 4) is 0 Å². The minimum Gasteiger partial charge on any atom is -0.466 e. The van der Waals surface area contributed by atoms with Crippen LogP contribution in [0.1, 0.15) is 13.3 Å². The molecule has 0 saturated heterocycles. The first kappa shape index (κ1) is 14.6. The summed E-state index contributed by atoms with van der Waals surface area (Å²) in [7, 11) is 0. The first-order valence-electron chi connectivity index (χ1n) is 5.33. The Morgan fingerprint density at radius 3 is 2.68 bits per heavy atom. The third-order valence-corrected chi connectivity index (χ3v) is 2.04. The molecule has 0 aliphatic carbocycles. The molecule has 0 aromatic heterocycles. The summed E-state index contributed by atoms with van der Waals surface area (Å²) in [6.07, 6.45) is -0.507. The number of nitrogens with one attached hydrogen (secondary N) is 1. The Hall–Kier alpha value is -2.51. The van der Waals surface area contributed by atoms with Crippen LogP contribution in [0.2, 0.25) is 0 Å². The lowest BCUT2D eigenvalue weighted by molar-refractivity contribution is -0.387. The number of esters is 1. The number of carbonyl (C=O) groups excluding carboxylic acids is 2. The average Bonchev–Trinajstić information content (AvgIpc) is 2.28. The van der Waals surface area contributed by atoms with Gasteiger partial charge in [-0.25, -0.2) is 0 Å². The minimum absolute atomic E-state index is 0.0254. The van der Waals surface area contributed by atoms with Gasteiger partial charge in [0.1, 0.15) is 6.42 Å². The van der Waals surface area contributed by atoms with E-state index in [0.29, 0.717) is 0 Å². The van der Waals surface area contributed by atoms with Crippen LogP contribution in [-0.4, -0.2) is 23.4 Å². The molecule has 0 atom stereocenters. The number of amides is 1. The Morgan fingerprint density at radius 2 is 2.16 bits per heavy atom. The van der Waals surface area contributed by atoms with Crippen molar-refractivity contribution in [2.24, 2.45) is 0 Å². The normalized spacial score (nSPS) is 9.79. The van der Waals surface area contributed by atoms with E-state index in [0.717, 1.165) is 12.1 Å². The Labute approximate surface area is 107 Å². The van der Waals surface area contributed by atoms with Crippen molar-refractivity contribution < 1.29 is 23.6 Å². The molecule has 0 radical (unpaired) electrons. The lowest BCUT2D eigenvalue weighted by Crippen LogP contribution is -2.18. The predicted molar refractivity (Wildman–Crippen MR) is 62.9 cm³/mol. The van der Waals surface area contributed by atoms with E-state index >= 15 is 0 Å². The summed E-state index contributed by atoms with van der Waals surface area (Å²) in [4.78, 5) is 31.9. The topological polar surface area (TPSA) is 98.5 Å². The van der Waals surface area contributed by atoms with Crippen molar-refractivity contribution in [1.29, 1.82) is 0 Å². The van der Waals surface area contributed by atoms with Gasteiger partial charge >= 0.3 is 11.7 Å². The van der Waals surface area contributed by atoms with Crippen LogP contribution in [0.25, 0.3) is 0 Å². The Bertz CT molecular complexity index is 518. The Morgan fingerprint density at radius 1 is 1.47 bits per heavy atom. The molecular formula is C11H11FN2O5. The molecule has 0 bridgehead atoms. The average molecular weight is 270 g/mol. The fourth-order valence-corrected chi connectivity index (χ4v) is 1.28. The molecule has 0 aliphatic rings. The molecule has 1 N–H and O–H groups in total. The van der Waals surface area contributed by atoms with Crippen LogP contribution < -0.4 is 5.32 Å². The van der Waals surface area contributed by atoms with Gasteiger partial charge in [0.15, 0.2) is 0 Å². The van der Waals surface area contributed by atoms with Crippen LogP contribution in [-0.2, 0) is 14.3 Å². The van der Waals surface area contributed by atoms with Crippen molar-refractivity contribution in [1.82, 2.24) is 0 Å². The van der Waals surface area contributed by atoms with Gasteiger partial charge in [-0.2, -0.15) is 4.39 Å². The molecule has 0 spiro atoms. The minimum atomic E-state index is -1.07. The van der Waals surface area contributed by atoms with E-state index in [1.165, 1.54) is 6.07 Å². The van der Waals surface area contributed by atoms with E-state index in [1.54, 1.807) is 6.92 Å². The summed E-state index contributed by atoms with van der Waals surface area (Å²) in [6.45, 7) is 1.75. The molecule has 1 aromatic rings. The monoisotopic (exact) mass is 270 g/mol. The predicted octanol–water partition coefficient (Wildman–Crippen LogP) is 1.63. The summed E-state index contributed by atoms with van der Waals surface area (Å²) < 4.78 is 17.8. The number of hydrogen-bond acceptors (Lipinski definition) is 5. The summed E-state index contributed by atoms with van der Waals surface area (Å²) in [6, 6.07) is 2.90. The third kappa shape index (κ3) is 4.34. The van der Waals surface area contributed by atoms with Gasteiger partial charge in [-0.1, -0.05) is 0 Å². The summed E-state index contributed by atoms with van der Waals surface area (Å²) in [5.41, 5.74) is -0.666. The smallest absolute Gasteiger partial charge is 0.315 e. The molecule has 1 aromatic carbocycles. The highest BCUT2D eigenvalue weighted by Crippen LogP contribution is 2.20. The zero-order chi connectivity index (χ0) is 14.4. The van der Waals surface area contributed by atoms with Gasteiger partial charge in [0, 0.05) is 17.8 Å². The highest BCUT2D eigenvalue weighted by molar-refractivity contribution is 6.01. The quantitative estimate of drug-likeness (QED) is 0.379. The number of nitro groups is 1. The maximum Gasteiger partial charge on any atom is 0.315 e. The fourth-order valence-electron chi connectivity index (χ4n) is 1.28. The van der Waals surface area contributed by atoms with E-state index < -0.39 is 34.7 Å². The second kappa shape index (κ2) is 6.43. The van der Waals surface area contributed by atoms with Crippen LogP contribution in [0.15, 0.2) is 18.2 Å². The van der Waals surface area contributed by atoms with E-state index in [2.05, 4.69) is 10.1 Å². The van der Waals surface area contributed by atoms with Crippen LogP contribution in [0.3, 0.4) is 0 Å². The van der Waals surface area contributed by atoms with Gasteiger partial charge in [-0.05, 0) is 13.0 Å². The van der Waals surface area contributed by atoms with E-state index in [4.69, 9.17) is 0 Å². The molecule has 1 rings (SSSR count). The Balaban J connectivity index is 2.68. The molecular weight excluding hydrogens is 259 g/mol. The van der Waals surface area contributed by atoms with Gasteiger partial charge in [0.2, 0.25) is 11.7 Å². The van der Waals surface area contributed by atoms with Crippen molar-refractivity contribution in [3.05, 3.63) is 34.1 Å². The molecule has 102 valence electrons. The van der Waals surface area contributed by atoms with E-state index in [1.807, 2.05) is 0 Å². The standard InChI is InChI=1S/C11H11FN2O5/c1-2-19-11(16)6-10(15)13-7-3-4-9(14(17)18)8(12)5-7/h3-5H,2,6H2,1H3,(H,13,15). The number of ether oxygens (including phenoxy) is 1. The number of anilines is 1. The van der Waals surface area contributed by atoms with Crippen molar-refractivity contribution >= 4 is 23.3 Å². The van der Waals surface area contributed by atoms with E-state index in [-0.39, 0.29) is 12.3 Å². The summed E-state index contributed by atoms with van der Waals surface area (Å²) in [5.74, 6) is -2.46. The number of rotatable bonds is 5. The molecule has 0 aliphatic heterocycles. The number of nitro benzene ring substituents is 1. The lowest BCUT2D eigenvalue weighted by Gasteiger charge is -2.05. The zero-order valence-corrected chi connectivity index (χ0v) is 10.0. The van der Waals surface area contributed by atoms with Crippen LogP contribution >= 0.6 is 0 Å². The number of nitrogens with zero attached hydrogens (tertiary/aromatic N) is 1. The van der Waals surface area contributed by atoms with Gasteiger partial charge in [0.05, 0.1) is 11.5 Å². The SMILES string of the molecule is CCOC(=O)CC(=O)Nc1ccc([N+](=O)[O-])c(F)c1. The maximum absolute atomic E-state index is 13.2. The van der Waals surface area contributed by atoms with Crippen molar-refractivity contribution in [2.45, 2.75) is 13.3 Å². The molecule has 8 heteroatoms. The number of benzene rings is 1. The third-order valence-electron chi connectivity index (χ3n) is 2.04. The molecule has 0 heterocycles. The summed E-state index contributed by atoms with van der Waals surface area (Å²) in [5, 5.41) is 12.6. The number of halogens is 1. The first-order chi connectivity index (χ1) is 8.93. The second-order valence-electron chi connectivity index (χ2n) is 3.45. The molecule has 7 nitrogen and oxygen atoms in total. The lowest BCUT2D eigenvalue weighted by atomic mass is 10.2. The zero-order valence-electron chi connectivity index (χ0n) is 10.0. The van der Waals surface area contributed by atoms with Crippen LogP contribution in [0.4, 0.5) is 15.8 Å². The molecule has 19 heavy (non-hydrogen) atoms. The molecule has 0 fully saturated rings. The second-order valence-corrected chi connectivity index (χ2v) is 3.45. The van der Waals surface area contributed by atoms with Gasteiger partial charge in [-0.3, -0.25) is 19.7 Å². The van der Waals surface area contributed by atoms with Crippen LogP contribution in [0.5, 0.6) is 0 Å². The van der Waals surface area contributed by atoms with Gasteiger partial charge in [0.25, 0.3) is 0 Å². The number of hydrogen-bond donors (Lipinski definition) is 1. The highest BCUT2D eigenvalue weighted by Gasteiger charge is 2.15. The number of carbonyl (C=O) groups is 2. The van der Waals surface area contributed by atoms with Crippen LogP contribution in [0, 0.1) is 15.9 Å². The largest absolute Gasteiger partial charge is 0.466 e. The molecule has 0 unspecified atom stereocenters. The van der Waals surface area contributed by atoms with Crippen molar-refractivity contribution in [2.75, 3.05) is 11.9 Å². The highest BCUT2D eigenvalue weighted by atomic mass is 19.1. The summed E-state index contributed by atoms with van der Waals surface area (Å²) >= 11 is 0. The van der Waals surface area contributed by atoms with Gasteiger partial charge in [-0.15, -0.1) is 0 Å².